The summed E-state index contributed by atoms with van der Waals surface area (Å²) in [5.41, 5.74) is 5.81. The highest BCUT2D eigenvalue weighted by Crippen LogP contribution is 2.42. The van der Waals surface area contributed by atoms with Gasteiger partial charge in [0, 0.05) is 35.7 Å². The number of nitrogens with one attached hydrogen (secondary N) is 1. The number of hydrogen-bond donors (Lipinski definition) is 1. The lowest BCUT2D eigenvalue weighted by Gasteiger charge is -2.28. The van der Waals surface area contributed by atoms with Crippen LogP contribution in [0.3, 0.4) is 0 Å². The van der Waals surface area contributed by atoms with Crippen molar-refractivity contribution in [3.05, 3.63) is 101 Å². The van der Waals surface area contributed by atoms with Crippen LogP contribution in [0.5, 0.6) is 0 Å². The fraction of sp³-hybridized carbons (Fsp3) is 0.208. The quantitative estimate of drug-likeness (QED) is 0.432. The van der Waals surface area contributed by atoms with Crippen LogP contribution in [0.4, 0.5) is 0 Å². The second-order valence-electron chi connectivity index (χ2n) is 7.72. The molecule has 1 fully saturated rings. The Bertz CT molecular complexity index is 1190. The van der Waals surface area contributed by atoms with Crippen molar-refractivity contribution in [1.29, 1.82) is 0 Å². The molecule has 5 nitrogen and oxygen atoms in total. The summed E-state index contributed by atoms with van der Waals surface area (Å²) in [6.45, 7) is 5.04. The normalized spacial score (nSPS) is 18.4. The average molecular weight is 446 g/mol. The molecule has 2 atom stereocenters. The van der Waals surface area contributed by atoms with Gasteiger partial charge in [0.15, 0.2) is 10.2 Å². The molecule has 0 unspecified atom stereocenters. The van der Waals surface area contributed by atoms with Gasteiger partial charge in [0.2, 0.25) is 0 Å². The summed E-state index contributed by atoms with van der Waals surface area (Å²) in [5, 5.41) is 7.30. The topological polar surface area (TPSA) is 46.0 Å². The van der Waals surface area contributed by atoms with Crippen molar-refractivity contribution in [3.63, 3.8) is 0 Å². The molecule has 5 rings (SSSR count). The van der Waals surface area contributed by atoms with Crippen LogP contribution in [0.2, 0.25) is 0 Å². The van der Waals surface area contributed by atoms with Crippen LogP contribution in [0.1, 0.15) is 40.3 Å². The van der Waals surface area contributed by atoms with E-state index < -0.39 is 0 Å². The number of nitrogens with zero attached hydrogens (tertiary/aromatic N) is 4. The molecule has 1 N–H and O–H groups in total. The van der Waals surface area contributed by atoms with Gasteiger partial charge in [0.25, 0.3) is 0 Å². The van der Waals surface area contributed by atoms with E-state index in [0.29, 0.717) is 0 Å². The van der Waals surface area contributed by atoms with Gasteiger partial charge in [-0.3, -0.25) is 9.55 Å². The Labute approximate surface area is 191 Å². The molecule has 156 valence electrons. The minimum absolute atomic E-state index is 0.0253. The van der Waals surface area contributed by atoms with Gasteiger partial charge in [0.1, 0.15) is 0 Å². The van der Waals surface area contributed by atoms with E-state index >= 15 is 0 Å². The molecular weight excluding hydrogens is 422 g/mol. The lowest BCUT2D eigenvalue weighted by molar-refractivity contribution is 0.310. The maximum atomic E-state index is 5.83. The average Bonchev–Trinajstić information content (AvgIpc) is 3.49. The lowest BCUT2D eigenvalue weighted by Crippen LogP contribution is -2.29. The Morgan fingerprint density at radius 2 is 1.84 bits per heavy atom. The fourth-order valence-electron chi connectivity index (χ4n) is 4.40. The predicted molar refractivity (Wildman–Crippen MR) is 128 cm³/mol. The molecule has 0 spiro atoms. The van der Waals surface area contributed by atoms with Gasteiger partial charge in [-0.2, -0.15) is 0 Å². The number of thiazole rings is 1. The molecule has 0 aliphatic carbocycles. The number of pyridine rings is 1. The van der Waals surface area contributed by atoms with Crippen LogP contribution < -0.4 is 5.32 Å². The van der Waals surface area contributed by atoms with Gasteiger partial charge >= 0.3 is 0 Å². The third-order valence-electron chi connectivity index (χ3n) is 5.79. The Balaban J connectivity index is 1.62. The SMILES string of the molecule is Cc1cc([C@@H]2[C@@H](c3ccccn3)NC(=S)N2Cc2ccccc2)c(C)n1-c1nccs1. The number of aryl methyl sites for hydroxylation is 1. The lowest BCUT2D eigenvalue weighted by atomic mass is 9.96. The van der Waals surface area contributed by atoms with Crippen LogP contribution in [-0.4, -0.2) is 24.5 Å². The third kappa shape index (κ3) is 3.64. The van der Waals surface area contributed by atoms with Gasteiger partial charge in [-0.05, 0) is 55.4 Å². The van der Waals surface area contributed by atoms with Gasteiger partial charge in [-0.15, -0.1) is 11.3 Å². The van der Waals surface area contributed by atoms with E-state index in [1.54, 1.807) is 11.3 Å². The summed E-state index contributed by atoms with van der Waals surface area (Å²) < 4.78 is 2.23. The van der Waals surface area contributed by atoms with E-state index in [4.69, 9.17) is 12.2 Å². The Morgan fingerprint density at radius 3 is 2.55 bits per heavy atom. The Hall–Kier alpha value is -3.03. The molecule has 1 aliphatic heterocycles. The second-order valence-corrected chi connectivity index (χ2v) is 8.98. The Kier molecular flexibility index (Phi) is 5.29. The summed E-state index contributed by atoms with van der Waals surface area (Å²) >= 11 is 7.47. The minimum Gasteiger partial charge on any atom is -0.352 e. The van der Waals surface area contributed by atoms with Gasteiger partial charge < -0.3 is 10.2 Å². The molecule has 31 heavy (non-hydrogen) atoms. The van der Waals surface area contributed by atoms with Crippen LogP contribution in [0.25, 0.3) is 5.13 Å². The van der Waals surface area contributed by atoms with E-state index in [9.17, 15) is 0 Å². The maximum absolute atomic E-state index is 5.83. The van der Waals surface area contributed by atoms with E-state index in [0.717, 1.165) is 22.5 Å². The van der Waals surface area contributed by atoms with Crippen LogP contribution in [0.15, 0.2) is 72.4 Å². The molecule has 3 aromatic heterocycles. The van der Waals surface area contributed by atoms with Gasteiger partial charge in [-0.25, -0.2) is 4.98 Å². The van der Waals surface area contributed by atoms with Crippen molar-refractivity contribution in [1.82, 2.24) is 24.8 Å². The largest absolute Gasteiger partial charge is 0.352 e. The first-order chi connectivity index (χ1) is 15.1. The van der Waals surface area contributed by atoms with Crippen molar-refractivity contribution in [3.8, 4) is 5.13 Å². The van der Waals surface area contributed by atoms with Crippen molar-refractivity contribution >= 4 is 28.7 Å². The van der Waals surface area contributed by atoms with Gasteiger partial charge in [0.05, 0.1) is 17.8 Å². The number of hydrogen-bond acceptors (Lipinski definition) is 4. The van der Waals surface area contributed by atoms with E-state index in [2.05, 4.69) is 75.0 Å². The van der Waals surface area contributed by atoms with Crippen LogP contribution >= 0.6 is 23.6 Å². The monoisotopic (exact) mass is 445 g/mol. The van der Waals surface area contributed by atoms with E-state index in [1.807, 2.05) is 36.0 Å². The highest BCUT2D eigenvalue weighted by molar-refractivity contribution is 7.80. The smallest absolute Gasteiger partial charge is 0.193 e. The molecular formula is C24H23N5S2. The summed E-state index contributed by atoms with van der Waals surface area (Å²) in [6.07, 6.45) is 3.69. The summed E-state index contributed by atoms with van der Waals surface area (Å²) in [5.74, 6) is 0. The molecule has 0 bridgehead atoms. The zero-order valence-corrected chi connectivity index (χ0v) is 19.0. The highest BCUT2D eigenvalue weighted by atomic mass is 32.1. The fourth-order valence-corrected chi connectivity index (χ4v) is 5.46. The van der Waals surface area contributed by atoms with Crippen molar-refractivity contribution in [2.45, 2.75) is 32.5 Å². The van der Waals surface area contributed by atoms with E-state index in [1.165, 1.54) is 22.5 Å². The molecule has 0 radical (unpaired) electrons. The molecule has 1 aliphatic rings. The van der Waals surface area contributed by atoms with E-state index in [-0.39, 0.29) is 12.1 Å². The molecule has 0 amide bonds. The second kappa shape index (κ2) is 8.24. The molecule has 1 aromatic carbocycles. The van der Waals surface area contributed by atoms with Crippen molar-refractivity contribution < 1.29 is 0 Å². The summed E-state index contributed by atoms with van der Waals surface area (Å²) in [4.78, 5) is 11.5. The van der Waals surface area contributed by atoms with Crippen molar-refractivity contribution in [2.75, 3.05) is 0 Å². The molecule has 4 aromatic rings. The summed E-state index contributed by atoms with van der Waals surface area (Å²) in [6, 6.07) is 18.8. The number of benzene rings is 1. The molecule has 7 heteroatoms. The first-order valence-electron chi connectivity index (χ1n) is 10.2. The minimum atomic E-state index is -0.0253. The zero-order chi connectivity index (χ0) is 21.4. The highest BCUT2D eigenvalue weighted by Gasteiger charge is 2.41. The number of rotatable bonds is 5. The first kappa shape index (κ1) is 19.9. The standard InChI is InChI=1S/C24H23N5S2/c1-16-14-19(17(2)29(16)24-26-12-13-31-24)22-21(20-10-6-7-11-25-20)27-23(30)28(22)15-18-8-4-3-5-9-18/h3-14,21-22H,15H2,1-2H3,(H,27,30)/t21-,22-/m1/s1. The first-order valence-corrected chi connectivity index (χ1v) is 11.5. The Morgan fingerprint density at radius 1 is 1.03 bits per heavy atom. The number of thiocarbonyl (C=S) groups is 1. The molecule has 1 saturated heterocycles. The van der Waals surface area contributed by atoms with Gasteiger partial charge in [-0.1, -0.05) is 36.4 Å². The number of aromatic nitrogens is 3. The third-order valence-corrected chi connectivity index (χ3v) is 6.90. The molecule has 4 heterocycles. The van der Waals surface area contributed by atoms with Crippen molar-refractivity contribution in [2.24, 2.45) is 0 Å². The summed E-state index contributed by atoms with van der Waals surface area (Å²) in [7, 11) is 0. The predicted octanol–water partition coefficient (Wildman–Crippen LogP) is 5.12. The zero-order valence-electron chi connectivity index (χ0n) is 17.4. The maximum Gasteiger partial charge on any atom is 0.193 e. The van der Waals surface area contributed by atoms with Crippen LogP contribution in [-0.2, 0) is 6.54 Å². The molecule has 0 saturated carbocycles. The van der Waals surface area contributed by atoms with Crippen LogP contribution in [0, 0.1) is 13.8 Å².